The van der Waals surface area contributed by atoms with Gasteiger partial charge >= 0.3 is 0 Å². The predicted octanol–water partition coefficient (Wildman–Crippen LogP) is 6.75. The molecule has 0 aliphatic carbocycles. The number of halogens is 2. The zero-order valence-electron chi connectivity index (χ0n) is 15.5. The van der Waals surface area contributed by atoms with E-state index < -0.39 is 0 Å². The van der Waals surface area contributed by atoms with E-state index in [-0.39, 0.29) is 11.6 Å². The minimum absolute atomic E-state index is 0.266. The van der Waals surface area contributed by atoms with Gasteiger partial charge in [0.1, 0.15) is 11.6 Å². The van der Waals surface area contributed by atoms with Crippen molar-refractivity contribution >= 4 is 10.8 Å². The molecule has 0 amide bonds. The number of hydrogen-bond acceptors (Lipinski definition) is 0. The van der Waals surface area contributed by atoms with E-state index in [0.29, 0.717) is 5.56 Å². The SMILES string of the molecule is CCc1ccc(-c2ccc(C#Cc3ccc4cc(F)ccc4c3)c(F)c2)cc1. The predicted molar refractivity (Wildman–Crippen MR) is 111 cm³/mol. The molecule has 0 heterocycles. The molecule has 0 saturated carbocycles. The van der Waals surface area contributed by atoms with Gasteiger partial charge in [0.2, 0.25) is 0 Å². The Morgan fingerprint density at radius 1 is 0.679 bits per heavy atom. The van der Waals surface area contributed by atoms with Gasteiger partial charge in [0.25, 0.3) is 0 Å². The average molecular weight is 368 g/mol. The zero-order chi connectivity index (χ0) is 19.5. The summed E-state index contributed by atoms with van der Waals surface area (Å²) in [5.41, 5.74) is 4.19. The van der Waals surface area contributed by atoms with Gasteiger partial charge in [0.15, 0.2) is 0 Å². The number of fused-ring (bicyclic) bond motifs is 1. The molecule has 0 aliphatic heterocycles. The fourth-order valence-electron chi connectivity index (χ4n) is 3.16. The molecule has 0 nitrogen and oxygen atoms in total. The Morgan fingerprint density at radius 2 is 1.39 bits per heavy atom. The molecule has 136 valence electrons. The number of aryl methyl sites for hydroxylation is 1. The third-order valence-electron chi connectivity index (χ3n) is 4.81. The molecule has 0 atom stereocenters. The molecule has 0 aliphatic rings. The first-order valence-electron chi connectivity index (χ1n) is 9.22. The number of rotatable bonds is 2. The third-order valence-corrected chi connectivity index (χ3v) is 4.81. The molecule has 4 aromatic rings. The molecule has 28 heavy (non-hydrogen) atoms. The molecule has 0 unspecified atom stereocenters. The van der Waals surface area contributed by atoms with Crippen LogP contribution >= 0.6 is 0 Å². The van der Waals surface area contributed by atoms with Gasteiger partial charge in [-0.15, -0.1) is 0 Å². The van der Waals surface area contributed by atoms with Crippen molar-refractivity contribution in [3.63, 3.8) is 0 Å². The van der Waals surface area contributed by atoms with Crippen molar-refractivity contribution in [3.05, 3.63) is 107 Å². The second-order valence-corrected chi connectivity index (χ2v) is 6.70. The van der Waals surface area contributed by atoms with E-state index >= 15 is 0 Å². The van der Waals surface area contributed by atoms with Crippen molar-refractivity contribution in [2.45, 2.75) is 13.3 Å². The van der Waals surface area contributed by atoms with Gasteiger partial charge in [-0.25, -0.2) is 8.78 Å². The maximum absolute atomic E-state index is 14.5. The lowest BCUT2D eigenvalue weighted by Crippen LogP contribution is -1.87. The Bertz CT molecular complexity index is 1210. The van der Waals surface area contributed by atoms with E-state index in [1.165, 1.54) is 23.8 Å². The standard InChI is InChI=1S/C26H18F2/c1-2-18-3-7-20(8-4-18)24-12-11-21(26(28)17-24)9-5-19-6-10-23-16-25(27)14-13-22(23)15-19/h3-4,6-8,10-17H,2H2,1H3. The normalized spacial score (nSPS) is 10.5. The summed E-state index contributed by atoms with van der Waals surface area (Å²) in [4.78, 5) is 0. The quantitative estimate of drug-likeness (QED) is 0.343. The summed E-state index contributed by atoms with van der Waals surface area (Å²) in [6.45, 7) is 2.11. The van der Waals surface area contributed by atoms with Crippen molar-refractivity contribution < 1.29 is 8.78 Å². The molecule has 0 aromatic heterocycles. The molecule has 0 radical (unpaired) electrons. The lowest BCUT2D eigenvalue weighted by molar-refractivity contribution is 0.625. The maximum atomic E-state index is 14.5. The summed E-state index contributed by atoms with van der Waals surface area (Å²) in [5, 5.41) is 1.72. The summed E-state index contributed by atoms with van der Waals surface area (Å²) < 4.78 is 27.8. The molecule has 4 aromatic carbocycles. The van der Waals surface area contributed by atoms with Crippen LogP contribution in [0.15, 0.2) is 78.9 Å². The van der Waals surface area contributed by atoms with Crippen LogP contribution in [0.1, 0.15) is 23.6 Å². The third kappa shape index (κ3) is 3.80. The van der Waals surface area contributed by atoms with E-state index in [1.807, 2.05) is 36.4 Å². The van der Waals surface area contributed by atoms with Crippen molar-refractivity contribution in [1.82, 2.24) is 0 Å². The minimum Gasteiger partial charge on any atom is -0.207 e. The Hall–Kier alpha value is -3.44. The van der Waals surface area contributed by atoms with Gasteiger partial charge in [0, 0.05) is 5.56 Å². The zero-order valence-corrected chi connectivity index (χ0v) is 15.5. The van der Waals surface area contributed by atoms with Crippen LogP contribution in [0, 0.1) is 23.5 Å². The molecule has 4 rings (SSSR count). The van der Waals surface area contributed by atoms with Crippen LogP contribution in [0.4, 0.5) is 8.78 Å². The molecule has 0 saturated heterocycles. The van der Waals surface area contributed by atoms with Crippen LogP contribution in [0.2, 0.25) is 0 Å². The first-order valence-corrected chi connectivity index (χ1v) is 9.22. The van der Waals surface area contributed by atoms with Crippen LogP contribution in [0.5, 0.6) is 0 Å². The van der Waals surface area contributed by atoms with Crippen LogP contribution in [-0.4, -0.2) is 0 Å². The molecular weight excluding hydrogens is 350 g/mol. The van der Waals surface area contributed by atoms with Gasteiger partial charge in [-0.2, -0.15) is 0 Å². The second kappa shape index (κ2) is 7.66. The lowest BCUT2D eigenvalue weighted by atomic mass is 10.0. The molecular formula is C26H18F2. The van der Waals surface area contributed by atoms with Crippen molar-refractivity contribution in [2.24, 2.45) is 0 Å². The first-order chi connectivity index (χ1) is 13.6. The van der Waals surface area contributed by atoms with Crippen molar-refractivity contribution in [2.75, 3.05) is 0 Å². The van der Waals surface area contributed by atoms with Crippen molar-refractivity contribution in [3.8, 4) is 23.0 Å². The van der Waals surface area contributed by atoms with E-state index in [0.717, 1.165) is 33.9 Å². The van der Waals surface area contributed by atoms with Crippen molar-refractivity contribution in [1.29, 1.82) is 0 Å². The smallest absolute Gasteiger partial charge is 0.139 e. The van der Waals surface area contributed by atoms with Gasteiger partial charge in [-0.3, -0.25) is 0 Å². The van der Waals surface area contributed by atoms with Gasteiger partial charge in [-0.1, -0.05) is 61.2 Å². The summed E-state index contributed by atoms with van der Waals surface area (Å²) in [7, 11) is 0. The average Bonchev–Trinajstić information content (AvgIpc) is 2.73. The van der Waals surface area contributed by atoms with Crippen LogP contribution in [-0.2, 0) is 6.42 Å². The Kier molecular flexibility index (Phi) is 4.91. The summed E-state index contributed by atoms with van der Waals surface area (Å²) in [6, 6.07) is 23.4. The largest absolute Gasteiger partial charge is 0.207 e. The Morgan fingerprint density at radius 3 is 2.14 bits per heavy atom. The molecule has 0 bridgehead atoms. The van der Waals surface area contributed by atoms with Gasteiger partial charge in [0.05, 0.1) is 5.56 Å². The van der Waals surface area contributed by atoms with Crippen LogP contribution in [0.3, 0.4) is 0 Å². The van der Waals surface area contributed by atoms with E-state index in [4.69, 9.17) is 0 Å². The molecule has 0 N–H and O–H groups in total. The van der Waals surface area contributed by atoms with E-state index in [2.05, 4.69) is 30.9 Å². The lowest BCUT2D eigenvalue weighted by Gasteiger charge is -2.04. The Balaban J connectivity index is 1.61. The van der Waals surface area contributed by atoms with Gasteiger partial charge < -0.3 is 0 Å². The van der Waals surface area contributed by atoms with E-state index in [1.54, 1.807) is 12.1 Å². The van der Waals surface area contributed by atoms with E-state index in [9.17, 15) is 8.78 Å². The topological polar surface area (TPSA) is 0 Å². The first kappa shape index (κ1) is 17.9. The molecule has 2 heteroatoms. The fraction of sp³-hybridized carbons (Fsp3) is 0.0769. The minimum atomic E-state index is -0.340. The monoisotopic (exact) mass is 368 g/mol. The highest BCUT2D eigenvalue weighted by molar-refractivity contribution is 5.84. The fourth-order valence-corrected chi connectivity index (χ4v) is 3.16. The van der Waals surface area contributed by atoms with Gasteiger partial charge in [-0.05, 0) is 70.3 Å². The van der Waals surface area contributed by atoms with Crippen LogP contribution < -0.4 is 0 Å². The Labute approximate surface area is 163 Å². The van der Waals surface area contributed by atoms with Crippen LogP contribution in [0.25, 0.3) is 21.9 Å². The summed E-state index contributed by atoms with van der Waals surface area (Å²) >= 11 is 0. The highest BCUT2D eigenvalue weighted by Crippen LogP contribution is 2.23. The number of benzene rings is 4. The second-order valence-electron chi connectivity index (χ2n) is 6.70. The maximum Gasteiger partial charge on any atom is 0.139 e. The molecule has 0 fully saturated rings. The summed E-state index contributed by atoms with van der Waals surface area (Å²) in [5.74, 6) is 5.30. The number of hydrogen-bond donors (Lipinski definition) is 0. The highest BCUT2D eigenvalue weighted by atomic mass is 19.1. The highest BCUT2D eigenvalue weighted by Gasteiger charge is 2.04. The molecule has 0 spiro atoms. The summed E-state index contributed by atoms with van der Waals surface area (Å²) in [6.07, 6.45) is 0.979.